The van der Waals surface area contributed by atoms with Crippen molar-refractivity contribution in [3.63, 3.8) is 0 Å². The number of ketones is 1. The van der Waals surface area contributed by atoms with Crippen molar-refractivity contribution in [2.24, 2.45) is 5.73 Å². The number of piperazine rings is 1. The van der Waals surface area contributed by atoms with Gasteiger partial charge in [-0.3, -0.25) is 9.69 Å². The summed E-state index contributed by atoms with van der Waals surface area (Å²) in [5.41, 5.74) is 8.37. The molecule has 0 atom stereocenters. The van der Waals surface area contributed by atoms with Crippen molar-refractivity contribution in [3.8, 4) is 11.1 Å². The first kappa shape index (κ1) is 22.7. The Morgan fingerprint density at radius 2 is 1.85 bits per heavy atom. The molecule has 33 heavy (non-hydrogen) atoms. The van der Waals surface area contributed by atoms with Gasteiger partial charge in [-0.15, -0.1) is 0 Å². The first-order valence-electron chi connectivity index (χ1n) is 10.9. The minimum atomic E-state index is -0.545. The highest BCUT2D eigenvalue weighted by molar-refractivity contribution is 5.97. The highest BCUT2D eigenvalue weighted by Gasteiger charge is 2.26. The van der Waals surface area contributed by atoms with Crippen LogP contribution in [-0.4, -0.2) is 61.4 Å². The average molecular weight is 451 g/mol. The summed E-state index contributed by atoms with van der Waals surface area (Å²) in [6, 6.07) is 13.5. The molecule has 2 heterocycles. The second kappa shape index (κ2) is 9.97. The number of amides is 2. The van der Waals surface area contributed by atoms with E-state index in [0.29, 0.717) is 24.3 Å². The molecule has 172 valence electrons. The molecule has 2 N–H and O–H groups in total. The van der Waals surface area contributed by atoms with Crippen molar-refractivity contribution in [1.82, 2.24) is 9.80 Å². The van der Waals surface area contributed by atoms with Gasteiger partial charge in [0, 0.05) is 48.6 Å². The van der Waals surface area contributed by atoms with Gasteiger partial charge in [0.1, 0.15) is 5.82 Å². The van der Waals surface area contributed by atoms with Gasteiger partial charge in [0.25, 0.3) is 0 Å². The van der Waals surface area contributed by atoms with E-state index in [4.69, 9.17) is 10.2 Å². The molecular weight excluding hydrogens is 423 g/mol. The zero-order chi connectivity index (χ0) is 23.4. The first-order valence-corrected chi connectivity index (χ1v) is 10.9. The predicted octanol–water partition coefficient (Wildman–Crippen LogP) is 3.60. The van der Waals surface area contributed by atoms with Gasteiger partial charge in [-0.05, 0) is 36.9 Å². The third-order valence-corrected chi connectivity index (χ3v) is 5.91. The van der Waals surface area contributed by atoms with E-state index in [1.807, 2.05) is 37.4 Å². The Morgan fingerprint density at radius 3 is 2.52 bits per heavy atom. The van der Waals surface area contributed by atoms with E-state index >= 15 is 0 Å². The van der Waals surface area contributed by atoms with Crippen LogP contribution in [0.1, 0.15) is 15.9 Å². The SMILES string of the molecule is CN1CCN(C(=O)N(Cc2ccc(C(=O)CN)cc2F)c2cccc(-c3ccoc3)c2)CC1. The smallest absolute Gasteiger partial charge is 0.324 e. The molecule has 0 unspecified atom stereocenters. The van der Waals surface area contributed by atoms with Crippen LogP contribution in [0.25, 0.3) is 11.1 Å². The summed E-state index contributed by atoms with van der Waals surface area (Å²) in [6.07, 6.45) is 3.23. The van der Waals surface area contributed by atoms with Gasteiger partial charge >= 0.3 is 6.03 Å². The fourth-order valence-electron chi connectivity index (χ4n) is 3.86. The monoisotopic (exact) mass is 450 g/mol. The second-order valence-electron chi connectivity index (χ2n) is 8.15. The lowest BCUT2D eigenvalue weighted by atomic mass is 10.1. The van der Waals surface area contributed by atoms with Crippen LogP contribution in [0.3, 0.4) is 0 Å². The number of likely N-dealkylation sites (N-methyl/N-ethyl adjacent to an activating group) is 1. The van der Waals surface area contributed by atoms with Crippen LogP contribution in [0.2, 0.25) is 0 Å². The number of halogens is 1. The molecule has 0 spiro atoms. The molecule has 1 saturated heterocycles. The Hall–Kier alpha value is -3.49. The van der Waals surface area contributed by atoms with Crippen molar-refractivity contribution in [3.05, 3.63) is 78.0 Å². The fraction of sp³-hybridized carbons (Fsp3) is 0.280. The number of urea groups is 1. The Kier molecular flexibility index (Phi) is 6.86. The van der Waals surface area contributed by atoms with Gasteiger partial charge < -0.3 is 20.0 Å². The quantitative estimate of drug-likeness (QED) is 0.580. The van der Waals surface area contributed by atoms with Crippen LogP contribution in [0.5, 0.6) is 0 Å². The van der Waals surface area contributed by atoms with Crippen molar-refractivity contribution in [1.29, 1.82) is 0 Å². The molecule has 1 fully saturated rings. The van der Waals surface area contributed by atoms with Gasteiger partial charge in [-0.25, -0.2) is 9.18 Å². The van der Waals surface area contributed by atoms with Crippen LogP contribution < -0.4 is 10.6 Å². The number of benzene rings is 2. The van der Waals surface area contributed by atoms with Crippen molar-refractivity contribution in [2.45, 2.75) is 6.54 Å². The Balaban J connectivity index is 1.67. The van der Waals surface area contributed by atoms with Crippen molar-refractivity contribution in [2.75, 3.05) is 44.7 Å². The number of hydrogen-bond acceptors (Lipinski definition) is 5. The Labute approximate surface area is 192 Å². The maximum absolute atomic E-state index is 14.9. The van der Waals surface area contributed by atoms with E-state index < -0.39 is 5.82 Å². The fourth-order valence-corrected chi connectivity index (χ4v) is 3.86. The van der Waals surface area contributed by atoms with E-state index in [1.54, 1.807) is 34.5 Å². The number of Topliss-reactive ketones (excluding diaryl/α,β-unsaturated/α-hetero) is 1. The largest absolute Gasteiger partial charge is 0.472 e. The maximum atomic E-state index is 14.9. The molecule has 0 radical (unpaired) electrons. The van der Waals surface area contributed by atoms with Gasteiger partial charge in [0.15, 0.2) is 5.78 Å². The number of nitrogens with zero attached hydrogens (tertiary/aromatic N) is 3. The van der Waals surface area contributed by atoms with Crippen LogP contribution in [-0.2, 0) is 6.54 Å². The zero-order valence-electron chi connectivity index (χ0n) is 18.5. The maximum Gasteiger partial charge on any atom is 0.324 e. The normalized spacial score (nSPS) is 14.3. The summed E-state index contributed by atoms with van der Waals surface area (Å²) in [5.74, 6) is -0.880. The highest BCUT2D eigenvalue weighted by Crippen LogP contribution is 2.28. The molecule has 1 aromatic heterocycles. The summed E-state index contributed by atoms with van der Waals surface area (Å²) in [7, 11) is 2.02. The molecule has 4 rings (SSSR count). The number of nitrogens with two attached hydrogens (primary N) is 1. The van der Waals surface area contributed by atoms with Gasteiger partial charge in [-0.2, -0.15) is 0 Å². The van der Waals surface area contributed by atoms with E-state index in [-0.39, 0.29) is 30.5 Å². The van der Waals surface area contributed by atoms with Crippen LogP contribution in [0.4, 0.5) is 14.9 Å². The van der Waals surface area contributed by atoms with Crippen molar-refractivity contribution < 1.29 is 18.4 Å². The Bertz CT molecular complexity index is 1120. The van der Waals surface area contributed by atoms with E-state index in [1.165, 1.54) is 6.07 Å². The van der Waals surface area contributed by atoms with Gasteiger partial charge in [0.2, 0.25) is 0 Å². The molecule has 7 nitrogen and oxygen atoms in total. The number of carbonyl (C=O) groups is 2. The Morgan fingerprint density at radius 1 is 1.06 bits per heavy atom. The third kappa shape index (κ3) is 5.13. The third-order valence-electron chi connectivity index (χ3n) is 5.91. The van der Waals surface area contributed by atoms with E-state index in [2.05, 4.69) is 4.90 Å². The molecule has 0 saturated carbocycles. The lowest BCUT2D eigenvalue weighted by Crippen LogP contribution is -2.52. The molecular formula is C25H27FN4O3. The number of carbonyl (C=O) groups excluding carboxylic acids is 2. The average Bonchev–Trinajstić information content (AvgIpc) is 3.38. The standard InChI is InChI=1S/C25H27FN4O3/c1-28-8-10-29(11-9-28)25(32)30(16-20-6-5-19(14-23(20)26)24(31)15-27)22-4-2-3-18(13-22)21-7-12-33-17-21/h2-7,12-14,17H,8-11,15-16,27H2,1H3. The highest BCUT2D eigenvalue weighted by atomic mass is 19.1. The summed E-state index contributed by atoms with van der Waals surface area (Å²) < 4.78 is 20.1. The first-order chi connectivity index (χ1) is 16.0. The van der Waals surface area contributed by atoms with Crippen molar-refractivity contribution >= 4 is 17.5 Å². The molecule has 1 aliphatic heterocycles. The summed E-state index contributed by atoms with van der Waals surface area (Å²) in [6.45, 7) is 2.59. The molecule has 3 aromatic rings. The molecule has 2 aromatic carbocycles. The second-order valence-corrected chi connectivity index (χ2v) is 8.15. The molecule has 1 aliphatic rings. The number of rotatable bonds is 6. The van der Waals surface area contributed by atoms with Crippen LogP contribution in [0, 0.1) is 5.82 Å². The number of hydrogen-bond donors (Lipinski definition) is 1. The predicted molar refractivity (Wildman–Crippen MR) is 125 cm³/mol. The zero-order valence-corrected chi connectivity index (χ0v) is 18.5. The minimum absolute atomic E-state index is 0.0307. The summed E-state index contributed by atoms with van der Waals surface area (Å²) in [4.78, 5) is 30.9. The lowest BCUT2D eigenvalue weighted by Gasteiger charge is -2.36. The van der Waals surface area contributed by atoms with Crippen LogP contribution in [0.15, 0.2) is 65.5 Å². The summed E-state index contributed by atoms with van der Waals surface area (Å²) >= 11 is 0. The summed E-state index contributed by atoms with van der Waals surface area (Å²) in [5, 5.41) is 0. The number of furan rings is 1. The van der Waals surface area contributed by atoms with Gasteiger partial charge in [-0.1, -0.05) is 24.3 Å². The van der Waals surface area contributed by atoms with Gasteiger partial charge in [0.05, 0.1) is 25.6 Å². The number of anilines is 1. The molecule has 0 bridgehead atoms. The molecule has 0 aliphatic carbocycles. The van der Waals surface area contributed by atoms with Crippen LogP contribution >= 0.6 is 0 Å². The van der Waals surface area contributed by atoms with E-state index in [0.717, 1.165) is 24.2 Å². The lowest BCUT2D eigenvalue weighted by molar-refractivity contribution is 0.100. The molecule has 8 heteroatoms. The topological polar surface area (TPSA) is 83.0 Å². The van der Waals surface area contributed by atoms with E-state index in [9.17, 15) is 14.0 Å². The molecule has 2 amide bonds. The minimum Gasteiger partial charge on any atom is -0.472 e.